The lowest BCUT2D eigenvalue weighted by molar-refractivity contribution is -0.384. The highest BCUT2D eigenvalue weighted by molar-refractivity contribution is 8.00. The molecule has 0 aliphatic carbocycles. The lowest BCUT2D eigenvalue weighted by Crippen LogP contribution is -2.01. The van der Waals surface area contributed by atoms with Crippen LogP contribution in [-0.4, -0.2) is 20.2 Å². The van der Waals surface area contributed by atoms with Gasteiger partial charge in [0.05, 0.1) is 22.0 Å². The maximum absolute atomic E-state index is 10.8. The van der Waals surface area contributed by atoms with Gasteiger partial charge >= 0.3 is 0 Å². The smallest absolute Gasteiger partial charge is 0.269 e. The third-order valence-electron chi connectivity index (χ3n) is 10.8. The first-order chi connectivity index (χ1) is 35.8. The number of hydrogen-bond donors (Lipinski definition) is 6. The van der Waals surface area contributed by atoms with Crippen molar-refractivity contribution in [2.45, 2.75) is 55.9 Å². The summed E-state index contributed by atoms with van der Waals surface area (Å²) in [5.74, 6) is 0.514. The van der Waals surface area contributed by atoms with Gasteiger partial charge in [-0.1, -0.05) is 154 Å². The first-order valence-electron chi connectivity index (χ1n) is 22.8. The summed E-state index contributed by atoms with van der Waals surface area (Å²) in [6, 6.07) is 61.8. The number of nitrogens with zero attached hydrogens (tertiary/aromatic N) is 1. The number of nitro groups is 1. The van der Waals surface area contributed by atoms with Crippen molar-refractivity contribution in [3.8, 4) is 17.2 Å². The summed E-state index contributed by atoms with van der Waals surface area (Å²) in [6.07, 6.45) is 0. The molecule has 0 saturated heterocycles. The maximum Gasteiger partial charge on any atom is 0.269 e. The number of halogens is 4. The maximum atomic E-state index is 10.8. The molecule has 9 rings (SSSR count). The largest absolute Gasteiger partial charge is 0.506 e. The summed E-state index contributed by atoms with van der Waals surface area (Å²) in [7, 11) is 0. The van der Waals surface area contributed by atoms with E-state index in [1.54, 1.807) is 90.3 Å². The van der Waals surface area contributed by atoms with Gasteiger partial charge in [0, 0.05) is 81.2 Å². The van der Waals surface area contributed by atoms with Gasteiger partial charge in [0.2, 0.25) is 0 Å². The number of rotatable bonds is 16. The molecule has 0 unspecified atom stereocenters. The molecule has 0 aliphatic heterocycles. The minimum Gasteiger partial charge on any atom is -0.506 e. The van der Waals surface area contributed by atoms with E-state index in [1.165, 1.54) is 44.8 Å². The zero-order valence-corrected chi connectivity index (χ0v) is 45.0. The van der Waals surface area contributed by atoms with E-state index < -0.39 is 4.92 Å². The number of non-ortho nitro benzene ring substituents is 1. The van der Waals surface area contributed by atoms with E-state index in [9.17, 15) is 25.4 Å². The molecule has 6 N–H and O–H groups in total. The summed E-state index contributed by atoms with van der Waals surface area (Å²) in [6.45, 7) is 3.79. The molecule has 0 amide bonds. The molecule has 0 saturated carbocycles. The number of anilines is 3. The van der Waals surface area contributed by atoms with Crippen molar-refractivity contribution in [1.82, 2.24) is 0 Å². The van der Waals surface area contributed by atoms with Gasteiger partial charge in [0.25, 0.3) is 5.69 Å². The highest BCUT2D eigenvalue weighted by Crippen LogP contribution is 2.36. The van der Waals surface area contributed by atoms with Crippen molar-refractivity contribution < 1.29 is 20.2 Å². The van der Waals surface area contributed by atoms with Gasteiger partial charge in [0.1, 0.15) is 17.2 Å². The Hall–Kier alpha value is -6.61. The van der Waals surface area contributed by atoms with Gasteiger partial charge in [-0.05, 0) is 145 Å². The van der Waals surface area contributed by atoms with Crippen molar-refractivity contribution in [2.75, 3.05) is 16.0 Å². The topological polar surface area (TPSA) is 140 Å². The number of nitro benzene ring substituents is 1. The molecule has 74 heavy (non-hydrogen) atoms. The number of nitrogens with one attached hydrogen (secondary N) is 3. The normalized spacial score (nSPS) is 10.6. The zero-order chi connectivity index (χ0) is 52.4. The molecule has 0 aliphatic rings. The molecule has 0 fully saturated rings. The van der Waals surface area contributed by atoms with Crippen LogP contribution in [0, 0.1) is 17.0 Å². The number of phenolic OH excluding ortho intramolecular Hbond substituents is 3. The second kappa shape index (κ2) is 27.6. The molecule has 0 spiro atoms. The van der Waals surface area contributed by atoms with Crippen LogP contribution in [0.4, 0.5) is 22.7 Å². The van der Waals surface area contributed by atoms with Crippen molar-refractivity contribution in [3.63, 3.8) is 0 Å². The Morgan fingerprint density at radius 2 is 0.716 bits per heavy atom. The summed E-state index contributed by atoms with van der Waals surface area (Å²) < 4.78 is 0. The fourth-order valence-corrected chi connectivity index (χ4v) is 10.4. The summed E-state index contributed by atoms with van der Waals surface area (Å²) in [5.41, 5.74) is 6.49. The van der Waals surface area contributed by atoms with Gasteiger partial charge in [-0.15, -0.1) is 0 Å². The van der Waals surface area contributed by atoms with Crippen LogP contribution in [0.15, 0.2) is 230 Å². The number of phenols is 3. The minimum atomic E-state index is -0.413. The Balaban J connectivity index is 0.000000162. The molecule has 9 aromatic rings. The quantitative estimate of drug-likeness (QED) is 0.0313. The molecule has 16 heteroatoms. The van der Waals surface area contributed by atoms with Gasteiger partial charge in [-0.2, -0.15) is 0 Å². The predicted octanol–water partition coefficient (Wildman–Crippen LogP) is 18.3. The molecule has 0 bridgehead atoms. The van der Waals surface area contributed by atoms with Crippen LogP contribution in [0.5, 0.6) is 17.2 Å². The fraction of sp³-hybridized carbons (Fsp3) is 0.0690. The van der Waals surface area contributed by atoms with E-state index in [0.29, 0.717) is 51.8 Å². The predicted molar refractivity (Wildman–Crippen MR) is 309 cm³/mol. The number of benzene rings is 9. The number of hydrogen-bond acceptors (Lipinski definition) is 11. The van der Waals surface area contributed by atoms with E-state index in [4.69, 9.17) is 46.4 Å². The molecule has 0 radical (unpaired) electrons. The van der Waals surface area contributed by atoms with E-state index in [2.05, 4.69) is 71.4 Å². The molecular weight excluding hydrogens is 1070 g/mol. The van der Waals surface area contributed by atoms with Crippen molar-refractivity contribution >= 4 is 104 Å². The van der Waals surface area contributed by atoms with Gasteiger partial charge in [-0.25, -0.2) is 0 Å². The SMILES string of the molecule is Cc1ccc(Sc2ccccc2CNc2cc(Cl)ccc2O)cc1.O=[N+]([O-])c1ccc(Sc2ccccc2CNc2cc(Cl)ccc2O)cc1.Oc1ccc(Cl)cc1NCc1ccccc1Sc1ccc(Cl)cc1. The van der Waals surface area contributed by atoms with Crippen LogP contribution in [0.1, 0.15) is 22.3 Å². The average molecular weight is 1120 g/mol. The fourth-order valence-electron chi connectivity index (χ4n) is 6.89. The van der Waals surface area contributed by atoms with Crippen molar-refractivity contribution in [2.24, 2.45) is 0 Å². The third kappa shape index (κ3) is 17.0. The molecule has 9 nitrogen and oxygen atoms in total. The van der Waals surface area contributed by atoms with Crippen LogP contribution in [0.3, 0.4) is 0 Å². The molecule has 9 aromatic carbocycles. The zero-order valence-electron chi connectivity index (χ0n) is 39.5. The van der Waals surface area contributed by atoms with Crippen LogP contribution >= 0.6 is 81.7 Å². The summed E-state index contributed by atoms with van der Waals surface area (Å²) in [5, 5.41) is 52.6. The monoisotopic (exact) mass is 1120 g/mol. The van der Waals surface area contributed by atoms with Crippen molar-refractivity contribution in [3.05, 3.63) is 253 Å². The third-order valence-corrected chi connectivity index (χ3v) is 15.1. The van der Waals surface area contributed by atoms with Crippen LogP contribution in [0.2, 0.25) is 20.1 Å². The first-order valence-corrected chi connectivity index (χ1v) is 26.7. The van der Waals surface area contributed by atoms with Crippen LogP contribution in [-0.2, 0) is 19.6 Å². The van der Waals surface area contributed by atoms with Gasteiger partial charge in [-0.3, -0.25) is 10.1 Å². The number of aromatic hydroxyl groups is 3. The summed E-state index contributed by atoms with van der Waals surface area (Å²) >= 11 is 28.8. The Labute approximate surface area is 463 Å². The molecule has 0 aromatic heterocycles. The Morgan fingerprint density at radius 1 is 0.419 bits per heavy atom. The second-order valence-electron chi connectivity index (χ2n) is 16.2. The minimum absolute atomic E-state index is 0.0701. The second-order valence-corrected chi connectivity index (χ2v) is 21.3. The van der Waals surface area contributed by atoms with Gasteiger partial charge in [0.15, 0.2) is 0 Å². The van der Waals surface area contributed by atoms with E-state index >= 15 is 0 Å². The lowest BCUT2D eigenvalue weighted by atomic mass is 10.2. The first kappa shape index (κ1) is 55.1. The van der Waals surface area contributed by atoms with E-state index in [-0.39, 0.29) is 22.9 Å². The average Bonchev–Trinajstić information content (AvgIpc) is 3.40. The molecular formula is C58H48Cl4N4O5S3. The molecule has 0 atom stereocenters. The Bertz CT molecular complexity index is 3160. The Kier molecular flexibility index (Phi) is 20.6. The van der Waals surface area contributed by atoms with Crippen LogP contribution in [0.25, 0.3) is 0 Å². The summed E-state index contributed by atoms with van der Waals surface area (Å²) in [4.78, 5) is 16.9. The van der Waals surface area contributed by atoms with E-state index in [0.717, 1.165) is 35.7 Å². The highest BCUT2D eigenvalue weighted by atomic mass is 35.5. The highest BCUT2D eigenvalue weighted by Gasteiger charge is 2.11. The Morgan fingerprint density at radius 3 is 1.05 bits per heavy atom. The standard InChI is InChI=1S/C20H18ClNOS.C19H15Cl2NOS.C19H15ClN2O3S/c1-14-6-9-17(10-7-14)24-20-5-3-2-4-15(20)13-22-18-12-16(21)8-11-19(18)23;20-14-5-8-16(9-6-14)24-19-4-2-1-3-13(19)12-22-17-11-15(21)7-10-18(17)23;20-14-5-10-18(23)17(11-14)21-12-13-3-1-2-4-19(13)26-16-8-6-15(7-9-16)22(24)25/h2-12,22-23H,13H2,1H3;1-11,22-23H,12H2;1-11,21,23H,12H2. The van der Waals surface area contributed by atoms with Crippen LogP contribution < -0.4 is 16.0 Å². The number of aryl methyl sites for hydroxylation is 1. The van der Waals surface area contributed by atoms with E-state index in [1.807, 2.05) is 72.8 Å². The lowest BCUT2D eigenvalue weighted by Gasteiger charge is -2.12. The molecule has 376 valence electrons. The molecule has 0 heterocycles. The van der Waals surface area contributed by atoms with Gasteiger partial charge < -0.3 is 31.3 Å². The van der Waals surface area contributed by atoms with Crippen molar-refractivity contribution in [1.29, 1.82) is 0 Å².